The zero-order valence-corrected chi connectivity index (χ0v) is 16.5. The van der Waals surface area contributed by atoms with Gasteiger partial charge in [0.25, 0.3) is 5.91 Å². The third-order valence-corrected chi connectivity index (χ3v) is 4.89. The molecule has 0 saturated heterocycles. The van der Waals surface area contributed by atoms with E-state index in [9.17, 15) is 4.79 Å². The highest BCUT2D eigenvalue weighted by Crippen LogP contribution is 2.28. The van der Waals surface area contributed by atoms with Crippen molar-refractivity contribution < 1.29 is 14.3 Å². The average Bonchev–Trinajstić information content (AvgIpc) is 3.14. The van der Waals surface area contributed by atoms with Crippen LogP contribution in [0.4, 0.5) is 5.69 Å². The van der Waals surface area contributed by atoms with Crippen LogP contribution >= 0.6 is 0 Å². The van der Waals surface area contributed by atoms with Crippen LogP contribution in [-0.4, -0.2) is 18.6 Å². The number of anilines is 1. The van der Waals surface area contributed by atoms with Gasteiger partial charge in [0, 0.05) is 5.69 Å². The lowest BCUT2D eigenvalue weighted by molar-refractivity contribution is -0.118. The predicted molar refractivity (Wildman–Crippen MR) is 109 cm³/mol. The van der Waals surface area contributed by atoms with Gasteiger partial charge in [0.05, 0.1) is 6.10 Å². The van der Waals surface area contributed by atoms with Crippen molar-refractivity contribution in [1.29, 1.82) is 0 Å². The number of hydrogen-bond donors (Lipinski definition) is 1. The SMILES string of the molecule is Cc1ccc(C(C)C)c(OCC(=O)Nc2ccc(OC3CCCC3)cc2)c1. The van der Waals surface area contributed by atoms with Crippen molar-refractivity contribution in [3.63, 3.8) is 0 Å². The zero-order chi connectivity index (χ0) is 19.2. The second-order valence-corrected chi connectivity index (χ2v) is 7.58. The number of carbonyl (C=O) groups excluding carboxylic acids is 1. The van der Waals surface area contributed by atoms with Crippen LogP contribution in [0, 0.1) is 6.92 Å². The van der Waals surface area contributed by atoms with Crippen LogP contribution in [0.25, 0.3) is 0 Å². The highest BCUT2D eigenvalue weighted by Gasteiger charge is 2.16. The minimum absolute atomic E-state index is 0.0104. The monoisotopic (exact) mass is 367 g/mol. The van der Waals surface area contributed by atoms with E-state index in [1.54, 1.807) is 0 Å². The Morgan fingerprint density at radius 3 is 2.48 bits per heavy atom. The molecule has 1 amide bonds. The van der Waals surface area contributed by atoms with Crippen molar-refractivity contribution in [2.45, 2.75) is 58.5 Å². The molecule has 2 aromatic carbocycles. The summed E-state index contributed by atoms with van der Waals surface area (Å²) in [5.41, 5.74) is 2.98. The van der Waals surface area contributed by atoms with E-state index in [1.165, 1.54) is 12.8 Å². The van der Waals surface area contributed by atoms with Gasteiger partial charge >= 0.3 is 0 Å². The summed E-state index contributed by atoms with van der Waals surface area (Å²) in [7, 11) is 0. The van der Waals surface area contributed by atoms with Crippen LogP contribution in [0.3, 0.4) is 0 Å². The summed E-state index contributed by atoms with van der Waals surface area (Å²) in [4.78, 5) is 12.2. The van der Waals surface area contributed by atoms with Crippen molar-refractivity contribution in [3.05, 3.63) is 53.6 Å². The van der Waals surface area contributed by atoms with Crippen LogP contribution in [0.5, 0.6) is 11.5 Å². The Labute approximate surface area is 161 Å². The Balaban J connectivity index is 1.53. The minimum atomic E-state index is -0.171. The minimum Gasteiger partial charge on any atom is -0.490 e. The summed E-state index contributed by atoms with van der Waals surface area (Å²) in [6, 6.07) is 13.7. The molecule has 0 radical (unpaired) electrons. The molecule has 1 saturated carbocycles. The Kier molecular flexibility index (Phi) is 6.38. The summed E-state index contributed by atoms with van der Waals surface area (Å²) in [5, 5.41) is 2.88. The smallest absolute Gasteiger partial charge is 0.262 e. The van der Waals surface area contributed by atoms with Crippen molar-refractivity contribution in [2.24, 2.45) is 0 Å². The fourth-order valence-electron chi connectivity index (χ4n) is 3.40. The zero-order valence-electron chi connectivity index (χ0n) is 16.5. The second-order valence-electron chi connectivity index (χ2n) is 7.58. The van der Waals surface area contributed by atoms with Gasteiger partial charge in [0.2, 0.25) is 0 Å². The maximum absolute atomic E-state index is 12.2. The molecule has 2 aromatic rings. The molecule has 0 unspecified atom stereocenters. The van der Waals surface area contributed by atoms with Gasteiger partial charge in [0.15, 0.2) is 6.61 Å². The highest BCUT2D eigenvalue weighted by molar-refractivity contribution is 5.91. The maximum Gasteiger partial charge on any atom is 0.262 e. The maximum atomic E-state index is 12.2. The van der Waals surface area contributed by atoms with Gasteiger partial charge < -0.3 is 14.8 Å². The van der Waals surface area contributed by atoms with Crippen LogP contribution in [-0.2, 0) is 4.79 Å². The lowest BCUT2D eigenvalue weighted by Gasteiger charge is -2.15. The van der Waals surface area contributed by atoms with Crippen LogP contribution in [0.15, 0.2) is 42.5 Å². The van der Waals surface area contributed by atoms with Crippen LogP contribution in [0.2, 0.25) is 0 Å². The van der Waals surface area contributed by atoms with E-state index in [2.05, 4.69) is 31.3 Å². The standard InChI is InChI=1S/C23H29NO3/c1-16(2)21-13-8-17(3)14-22(21)26-15-23(25)24-18-9-11-20(12-10-18)27-19-6-4-5-7-19/h8-14,16,19H,4-7,15H2,1-3H3,(H,24,25). The molecule has 1 aliphatic carbocycles. The fourth-order valence-corrected chi connectivity index (χ4v) is 3.40. The largest absolute Gasteiger partial charge is 0.490 e. The molecule has 1 fully saturated rings. The molecule has 0 aliphatic heterocycles. The van der Waals surface area contributed by atoms with Crippen molar-refractivity contribution in [1.82, 2.24) is 0 Å². The third kappa shape index (κ3) is 5.49. The highest BCUT2D eigenvalue weighted by atomic mass is 16.5. The van der Waals surface area contributed by atoms with E-state index in [1.807, 2.05) is 37.3 Å². The Morgan fingerprint density at radius 1 is 1.11 bits per heavy atom. The molecule has 4 nitrogen and oxygen atoms in total. The van der Waals surface area contributed by atoms with Crippen LogP contribution < -0.4 is 14.8 Å². The van der Waals surface area contributed by atoms with E-state index in [4.69, 9.17) is 9.47 Å². The molecule has 0 atom stereocenters. The molecule has 3 rings (SSSR count). The number of ether oxygens (including phenoxy) is 2. The summed E-state index contributed by atoms with van der Waals surface area (Å²) >= 11 is 0. The first kappa shape index (κ1) is 19.3. The summed E-state index contributed by atoms with van der Waals surface area (Å²) in [5.74, 6) is 1.81. The second kappa shape index (κ2) is 8.94. The molecule has 0 bridgehead atoms. The Hall–Kier alpha value is -2.49. The molecule has 0 heterocycles. The first-order valence-corrected chi connectivity index (χ1v) is 9.81. The van der Waals surface area contributed by atoms with E-state index in [0.717, 1.165) is 41.2 Å². The first-order valence-electron chi connectivity index (χ1n) is 9.81. The average molecular weight is 367 g/mol. The van der Waals surface area contributed by atoms with E-state index < -0.39 is 0 Å². The molecule has 0 spiro atoms. The van der Waals surface area contributed by atoms with E-state index in [0.29, 0.717) is 12.0 Å². The number of carbonyl (C=O) groups is 1. The molecule has 1 aliphatic rings. The number of hydrogen-bond acceptors (Lipinski definition) is 3. The molecule has 4 heteroatoms. The summed E-state index contributed by atoms with van der Waals surface area (Å²) in [6.07, 6.45) is 5.10. The third-order valence-electron chi connectivity index (χ3n) is 4.89. The molecular weight excluding hydrogens is 338 g/mol. The Bertz CT molecular complexity index is 762. The molecule has 0 aromatic heterocycles. The normalized spacial score (nSPS) is 14.4. The van der Waals surface area contributed by atoms with Crippen molar-refractivity contribution in [2.75, 3.05) is 11.9 Å². The lowest BCUT2D eigenvalue weighted by Crippen LogP contribution is -2.20. The Morgan fingerprint density at radius 2 is 1.81 bits per heavy atom. The summed E-state index contributed by atoms with van der Waals surface area (Å²) in [6.45, 7) is 6.25. The first-order chi connectivity index (χ1) is 13.0. The molecular formula is C23H29NO3. The van der Waals surface area contributed by atoms with Gasteiger partial charge in [-0.3, -0.25) is 4.79 Å². The van der Waals surface area contributed by atoms with Gasteiger partial charge in [-0.2, -0.15) is 0 Å². The van der Waals surface area contributed by atoms with E-state index >= 15 is 0 Å². The number of amides is 1. The molecule has 144 valence electrons. The lowest BCUT2D eigenvalue weighted by atomic mass is 10.0. The van der Waals surface area contributed by atoms with Gasteiger partial charge in [-0.1, -0.05) is 26.0 Å². The number of rotatable bonds is 7. The molecule has 27 heavy (non-hydrogen) atoms. The fraction of sp³-hybridized carbons (Fsp3) is 0.435. The topological polar surface area (TPSA) is 47.6 Å². The van der Waals surface area contributed by atoms with Crippen molar-refractivity contribution in [3.8, 4) is 11.5 Å². The van der Waals surface area contributed by atoms with Gasteiger partial charge in [0.1, 0.15) is 11.5 Å². The van der Waals surface area contributed by atoms with E-state index in [-0.39, 0.29) is 12.5 Å². The van der Waals surface area contributed by atoms with Gasteiger partial charge in [-0.15, -0.1) is 0 Å². The number of benzene rings is 2. The quantitative estimate of drug-likeness (QED) is 0.707. The van der Waals surface area contributed by atoms with Crippen molar-refractivity contribution >= 4 is 11.6 Å². The number of nitrogens with one attached hydrogen (secondary N) is 1. The summed E-state index contributed by atoms with van der Waals surface area (Å²) < 4.78 is 11.7. The van der Waals surface area contributed by atoms with Crippen LogP contribution in [0.1, 0.15) is 56.6 Å². The van der Waals surface area contributed by atoms with Gasteiger partial charge in [-0.05, 0) is 80.0 Å². The van der Waals surface area contributed by atoms with Gasteiger partial charge in [-0.25, -0.2) is 0 Å². The predicted octanol–water partition coefficient (Wildman–Crippen LogP) is 5.46. The number of aryl methyl sites for hydroxylation is 1. The molecule has 1 N–H and O–H groups in total.